The molecule has 1 fully saturated rings. The number of aliphatic hydroxyl groups is 2. The number of para-hydroxylation sites is 1. The quantitative estimate of drug-likeness (QED) is 0.626. The highest BCUT2D eigenvalue weighted by Crippen LogP contribution is 2.41. The molecule has 6 heteroatoms. The Labute approximate surface area is 105 Å². The van der Waals surface area contributed by atoms with Gasteiger partial charge in [0, 0.05) is 19.6 Å². The van der Waals surface area contributed by atoms with Crippen LogP contribution in [0.5, 0.6) is 11.5 Å². The van der Waals surface area contributed by atoms with Gasteiger partial charge in [0.1, 0.15) is 6.23 Å². The molecule has 2 unspecified atom stereocenters. The van der Waals surface area contributed by atoms with Crippen molar-refractivity contribution >= 4 is 5.69 Å². The summed E-state index contributed by atoms with van der Waals surface area (Å²) in [6.45, 7) is 2.11. The standard InChI is InChI=1S/C12H16N2O4/c15-10-6-13-4-5-14(10)8-2-1-3-9-12(8)18-11(16)7-17-9/h1-3,10-11,13,15-16H,4-7H2. The van der Waals surface area contributed by atoms with Crippen LogP contribution in [0.15, 0.2) is 18.2 Å². The first-order valence-electron chi connectivity index (χ1n) is 6.01. The third-order valence-electron chi connectivity index (χ3n) is 3.12. The van der Waals surface area contributed by atoms with Gasteiger partial charge in [0.15, 0.2) is 18.1 Å². The molecular formula is C12H16N2O4. The number of rotatable bonds is 1. The predicted octanol–water partition coefficient (Wildman–Crippen LogP) is -0.496. The maximum absolute atomic E-state index is 9.99. The van der Waals surface area contributed by atoms with Gasteiger partial charge in [-0.3, -0.25) is 0 Å². The number of anilines is 1. The molecule has 1 aromatic rings. The minimum atomic E-state index is -0.960. The van der Waals surface area contributed by atoms with E-state index in [1.165, 1.54) is 0 Å². The van der Waals surface area contributed by atoms with Crippen molar-refractivity contribution in [3.05, 3.63) is 18.2 Å². The Hall–Kier alpha value is -1.50. The van der Waals surface area contributed by atoms with E-state index in [0.717, 1.165) is 12.2 Å². The molecule has 2 atom stereocenters. The molecule has 3 N–H and O–H groups in total. The molecule has 2 aliphatic rings. The van der Waals surface area contributed by atoms with Gasteiger partial charge >= 0.3 is 0 Å². The molecule has 0 amide bonds. The van der Waals surface area contributed by atoms with Crippen LogP contribution in [0.1, 0.15) is 0 Å². The lowest BCUT2D eigenvalue weighted by molar-refractivity contribution is -0.0668. The summed E-state index contributed by atoms with van der Waals surface area (Å²) < 4.78 is 10.8. The Morgan fingerprint density at radius 2 is 2.22 bits per heavy atom. The van der Waals surface area contributed by atoms with E-state index in [0.29, 0.717) is 24.6 Å². The van der Waals surface area contributed by atoms with Crippen LogP contribution < -0.4 is 19.7 Å². The lowest BCUT2D eigenvalue weighted by Crippen LogP contribution is -2.51. The van der Waals surface area contributed by atoms with E-state index in [4.69, 9.17) is 9.47 Å². The predicted molar refractivity (Wildman–Crippen MR) is 64.8 cm³/mol. The van der Waals surface area contributed by atoms with Gasteiger partial charge in [-0.1, -0.05) is 6.07 Å². The minimum Gasteiger partial charge on any atom is -0.483 e. The van der Waals surface area contributed by atoms with Crippen molar-refractivity contribution in [2.75, 3.05) is 31.1 Å². The van der Waals surface area contributed by atoms with Crippen molar-refractivity contribution in [2.24, 2.45) is 0 Å². The van der Waals surface area contributed by atoms with Gasteiger partial charge in [0.2, 0.25) is 6.29 Å². The minimum absolute atomic E-state index is 0.126. The molecule has 0 saturated carbocycles. The first-order valence-corrected chi connectivity index (χ1v) is 6.01. The average molecular weight is 252 g/mol. The summed E-state index contributed by atoms with van der Waals surface area (Å²) in [6, 6.07) is 5.50. The van der Waals surface area contributed by atoms with E-state index in [-0.39, 0.29) is 6.61 Å². The number of aliphatic hydroxyl groups excluding tert-OH is 2. The summed E-state index contributed by atoms with van der Waals surface area (Å²) in [5, 5.41) is 22.6. The molecule has 2 aliphatic heterocycles. The topological polar surface area (TPSA) is 74.2 Å². The number of nitrogens with one attached hydrogen (secondary N) is 1. The second kappa shape index (κ2) is 4.64. The van der Waals surface area contributed by atoms with Crippen LogP contribution in [0, 0.1) is 0 Å². The number of ether oxygens (including phenoxy) is 2. The zero-order chi connectivity index (χ0) is 12.5. The maximum atomic E-state index is 9.99. The summed E-state index contributed by atoms with van der Waals surface area (Å²) in [6.07, 6.45) is -1.56. The second-order valence-corrected chi connectivity index (χ2v) is 4.37. The molecule has 0 radical (unpaired) electrons. The van der Waals surface area contributed by atoms with E-state index in [2.05, 4.69) is 5.32 Å². The Morgan fingerprint density at radius 1 is 1.33 bits per heavy atom. The summed E-state index contributed by atoms with van der Waals surface area (Å²) >= 11 is 0. The van der Waals surface area contributed by atoms with E-state index in [1.807, 2.05) is 17.0 Å². The van der Waals surface area contributed by atoms with Crippen LogP contribution in [-0.2, 0) is 0 Å². The van der Waals surface area contributed by atoms with Gasteiger partial charge in [-0.25, -0.2) is 0 Å². The van der Waals surface area contributed by atoms with Crippen LogP contribution in [-0.4, -0.2) is 49.0 Å². The normalized spacial score (nSPS) is 27.1. The van der Waals surface area contributed by atoms with E-state index in [9.17, 15) is 10.2 Å². The largest absolute Gasteiger partial charge is 0.483 e. The van der Waals surface area contributed by atoms with Gasteiger partial charge in [-0.05, 0) is 12.1 Å². The van der Waals surface area contributed by atoms with Gasteiger partial charge in [0.05, 0.1) is 5.69 Å². The fraction of sp³-hybridized carbons (Fsp3) is 0.500. The maximum Gasteiger partial charge on any atom is 0.232 e. The van der Waals surface area contributed by atoms with E-state index in [1.54, 1.807) is 6.07 Å². The first-order chi connectivity index (χ1) is 8.75. The zero-order valence-electron chi connectivity index (χ0n) is 9.87. The number of hydrogen-bond donors (Lipinski definition) is 3. The number of nitrogens with zero attached hydrogens (tertiary/aromatic N) is 1. The molecule has 98 valence electrons. The number of fused-ring (bicyclic) bond motifs is 1. The Bertz CT molecular complexity index is 440. The molecule has 0 aromatic heterocycles. The number of piperazine rings is 1. The number of hydrogen-bond acceptors (Lipinski definition) is 6. The molecule has 0 aliphatic carbocycles. The lowest BCUT2D eigenvalue weighted by Gasteiger charge is -2.36. The highest BCUT2D eigenvalue weighted by Gasteiger charge is 2.28. The fourth-order valence-corrected chi connectivity index (χ4v) is 2.26. The van der Waals surface area contributed by atoms with Gasteiger partial charge in [0.25, 0.3) is 0 Å². The van der Waals surface area contributed by atoms with Crippen molar-refractivity contribution in [2.45, 2.75) is 12.5 Å². The number of benzene rings is 1. The smallest absolute Gasteiger partial charge is 0.232 e. The lowest BCUT2D eigenvalue weighted by atomic mass is 10.2. The van der Waals surface area contributed by atoms with Crippen molar-refractivity contribution < 1.29 is 19.7 Å². The van der Waals surface area contributed by atoms with Crippen LogP contribution in [0.25, 0.3) is 0 Å². The Morgan fingerprint density at radius 3 is 3.06 bits per heavy atom. The van der Waals surface area contributed by atoms with E-state index >= 15 is 0 Å². The van der Waals surface area contributed by atoms with E-state index < -0.39 is 12.5 Å². The van der Waals surface area contributed by atoms with Crippen molar-refractivity contribution in [1.29, 1.82) is 0 Å². The third-order valence-corrected chi connectivity index (χ3v) is 3.12. The van der Waals surface area contributed by atoms with Gasteiger partial charge in [-0.2, -0.15) is 0 Å². The summed E-state index contributed by atoms with van der Waals surface area (Å²) in [7, 11) is 0. The monoisotopic (exact) mass is 252 g/mol. The van der Waals surface area contributed by atoms with Crippen LogP contribution in [0.3, 0.4) is 0 Å². The molecule has 1 saturated heterocycles. The molecule has 2 heterocycles. The number of β-amino-alcohol motifs (C(OH)–C–C–N with tert-alkyl or cyclic N) is 1. The van der Waals surface area contributed by atoms with Crippen molar-refractivity contribution in [3.8, 4) is 11.5 Å². The highest BCUT2D eigenvalue weighted by atomic mass is 16.7. The van der Waals surface area contributed by atoms with Crippen LogP contribution in [0.4, 0.5) is 5.69 Å². The third kappa shape index (κ3) is 1.98. The van der Waals surface area contributed by atoms with Crippen molar-refractivity contribution in [1.82, 2.24) is 5.32 Å². The molecule has 1 aromatic carbocycles. The van der Waals surface area contributed by atoms with Crippen LogP contribution in [0.2, 0.25) is 0 Å². The van der Waals surface area contributed by atoms with Crippen molar-refractivity contribution in [3.63, 3.8) is 0 Å². The highest BCUT2D eigenvalue weighted by molar-refractivity contribution is 5.65. The van der Waals surface area contributed by atoms with Crippen LogP contribution >= 0.6 is 0 Å². The summed E-state index contributed by atoms with van der Waals surface area (Å²) in [4.78, 5) is 1.84. The Balaban J connectivity index is 1.96. The average Bonchev–Trinajstić information content (AvgIpc) is 2.39. The zero-order valence-corrected chi connectivity index (χ0v) is 9.87. The molecule has 0 bridgehead atoms. The molecular weight excluding hydrogens is 236 g/mol. The first kappa shape index (κ1) is 11.6. The molecule has 6 nitrogen and oxygen atoms in total. The van der Waals surface area contributed by atoms with Gasteiger partial charge in [-0.15, -0.1) is 0 Å². The SMILES string of the molecule is OC1COc2cccc(N3CCNCC3O)c2O1. The molecule has 18 heavy (non-hydrogen) atoms. The fourth-order valence-electron chi connectivity index (χ4n) is 2.26. The van der Waals surface area contributed by atoms with Gasteiger partial charge < -0.3 is 29.9 Å². The molecule has 0 spiro atoms. The second-order valence-electron chi connectivity index (χ2n) is 4.37. The summed E-state index contributed by atoms with van der Waals surface area (Å²) in [5.41, 5.74) is 0.750. The Kier molecular flexibility index (Phi) is 2.99. The summed E-state index contributed by atoms with van der Waals surface area (Å²) in [5.74, 6) is 1.10. The molecule has 3 rings (SSSR count).